The van der Waals surface area contributed by atoms with E-state index in [-0.39, 0.29) is 17.6 Å². The van der Waals surface area contributed by atoms with Gasteiger partial charge < -0.3 is 0 Å². The van der Waals surface area contributed by atoms with Crippen molar-refractivity contribution in [3.63, 3.8) is 0 Å². The highest BCUT2D eigenvalue weighted by atomic mass is 16.2. The zero-order chi connectivity index (χ0) is 31.8. The lowest BCUT2D eigenvalue weighted by molar-refractivity contribution is -0.130. The molecular formula is C43H29NO3. The molecule has 1 saturated heterocycles. The fraction of sp³-hybridized carbons (Fsp3) is 0.0930. The molecule has 2 fully saturated rings. The molecule has 6 aromatic carbocycles. The Bertz CT molecular complexity index is 2140. The summed E-state index contributed by atoms with van der Waals surface area (Å²) in [5.74, 6) is -2.70. The minimum absolute atomic E-state index is 0.116. The second-order valence-electron chi connectivity index (χ2n) is 12.6. The molecule has 4 heteroatoms. The van der Waals surface area contributed by atoms with Gasteiger partial charge in [0.15, 0.2) is 5.78 Å². The van der Waals surface area contributed by atoms with Gasteiger partial charge in [0.05, 0.1) is 28.4 Å². The Kier molecular flexibility index (Phi) is 5.88. The van der Waals surface area contributed by atoms with Crippen LogP contribution in [0.4, 0.5) is 5.69 Å². The molecule has 0 N–H and O–H groups in total. The van der Waals surface area contributed by atoms with Crippen LogP contribution in [0.1, 0.15) is 22.3 Å². The van der Waals surface area contributed by atoms with Crippen molar-refractivity contribution in [1.82, 2.24) is 0 Å². The van der Waals surface area contributed by atoms with Crippen LogP contribution in [-0.4, -0.2) is 17.6 Å². The van der Waals surface area contributed by atoms with Gasteiger partial charge in [0, 0.05) is 5.39 Å². The molecule has 4 nitrogen and oxygen atoms in total. The van der Waals surface area contributed by atoms with E-state index in [1.165, 1.54) is 4.90 Å². The molecule has 1 saturated carbocycles. The van der Waals surface area contributed by atoms with E-state index in [4.69, 9.17) is 0 Å². The van der Waals surface area contributed by atoms with Crippen molar-refractivity contribution in [2.45, 2.75) is 10.8 Å². The Labute approximate surface area is 272 Å². The topological polar surface area (TPSA) is 54.5 Å². The second kappa shape index (κ2) is 10.1. The van der Waals surface area contributed by atoms with Crippen molar-refractivity contribution in [3.05, 3.63) is 186 Å². The molecule has 224 valence electrons. The minimum atomic E-state index is -1.42. The first-order chi connectivity index (χ1) is 23.1. The summed E-state index contributed by atoms with van der Waals surface area (Å²) < 4.78 is 0. The average Bonchev–Trinajstić information content (AvgIpc) is 3.65. The summed E-state index contributed by atoms with van der Waals surface area (Å²) in [6, 6.07) is 52.7. The monoisotopic (exact) mass is 607 g/mol. The molecule has 1 aliphatic heterocycles. The molecule has 47 heavy (non-hydrogen) atoms. The normalized spacial score (nSPS) is 24.8. The summed E-state index contributed by atoms with van der Waals surface area (Å²) in [6.45, 7) is 0. The van der Waals surface area contributed by atoms with Crippen molar-refractivity contribution in [3.8, 4) is 0 Å². The Morgan fingerprint density at radius 3 is 1.32 bits per heavy atom. The van der Waals surface area contributed by atoms with E-state index in [9.17, 15) is 0 Å². The van der Waals surface area contributed by atoms with Crippen LogP contribution >= 0.6 is 0 Å². The van der Waals surface area contributed by atoms with Gasteiger partial charge in [-0.05, 0) is 44.9 Å². The second-order valence-corrected chi connectivity index (χ2v) is 12.6. The molecule has 0 radical (unpaired) electrons. The maximum atomic E-state index is 16.0. The van der Waals surface area contributed by atoms with E-state index in [0.29, 0.717) is 5.69 Å². The summed E-state index contributed by atoms with van der Waals surface area (Å²) in [7, 11) is 0. The predicted molar refractivity (Wildman–Crippen MR) is 184 cm³/mol. The lowest BCUT2D eigenvalue weighted by atomic mass is 9.59. The van der Waals surface area contributed by atoms with Crippen molar-refractivity contribution in [2.75, 3.05) is 4.90 Å². The molecule has 2 bridgehead atoms. The molecule has 2 aliphatic carbocycles. The molecule has 2 amide bonds. The molecule has 0 unspecified atom stereocenters. The van der Waals surface area contributed by atoms with Crippen LogP contribution in [0.5, 0.6) is 0 Å². The highest BCUT2D eigenvalue weighted by Gasteiger charge is 2.82. The van der Waals surface area contributed by atoms with E-state index in [1.54, 1.807) is 0 Å². The van der Waals surface area contributed by atoms with Crippen LogP contribution in [0.3, 0.4) is 0 Å². The quantitative estimate of drug-likeness (QED) is 0.187. The number of hydrogen-bond acceptors (Lipinski definition) is 3. The lowest BCUT2D eigenvalue weighted by Gasteiger charge is -2.39. The predicted octanol–water partition coefficient (Wildman–Crippen LogP) is 8.03. The standard InChI is InChI=1S/C43H29NO3/c45-39-37-38(40(46)44(39)34-27-15-21-28-16-13-14-26-33(28)34)43(32-24-11-4-12-25-32)36(30-19-7-2-8-20-30)35(29-17-5-1-6-18-29)42(37,41(43)47)31-22-9-3-10-23-31/h1-27,37-38H/t37-,38-,42-,43-/m1/s1. The number of hydrogen-bond donors (Lipinski definition) is 0. The molecule has 1 heterocycles. The van der Waals surface area contributed by atoms with Crippen LogP contribution in [0.25, 0.3) is 21.9 Å². The summed E-state index contributed by atoms with van der Waals surface area (Å²) in [6.07, 6.45) is 0. The minimum Gasteiger partial charge on any atom is -0.297 e. The van der Waals surface area contributed by atoms with Gasteiger partial charge in [-0.15, -0.1) is 0 Å². The molecule has 0 spiro atoms. The van der Waals surface area contributed by atoms with Crippen molar-refractivity contribution in [2.24, 2.45) is 11.8 Å². The Hall–Kier alpha value is -5.87. The van der Waals surface area contributed by atoms with Crippen LogP contribution in [0.2, 0.25) is 0 Å². The number of ketones is 1. The van der Waals surface area contributed by atoms with E-state index < -0.39 is 22.7 Å². The number of anilines is 1. The number of imide groups is 1. The number of nitrogens with zero attached hydrogens (tertiary/aromatic N) is 1. The van der Waals surface area contributed by atoms with Crippen LogP contribution in [-0.2, 0) is 25.2 Å². The smallest absolute Gasteiger partial charge is 0.239 e. The van der Waals surface area contributed by atoms with Gasteiger partial charge in [-0.25, -0.2) is 4.90 Å². The number of Topliss-reactive ketones (excluding diaryl/α,β-unsaturated/α-hetero) is 1. The number of carbonyl (C=O) groups is 3. The van der Waals surface area contributed by atoms with Gasteiger partial charge in [-0.2, -0.15) is 0 Å². The summed E-state index contributed by atoms with van der Waals surface area (Å²) in [4.78, 5) is 47.9. The number of rotatable bonds is 5. The van der Waals surface area contributed by atoms with Gasteiger partial charge >= 0.3 is 0 Å². The largest absolute Gasteiger partial charge is 0.297 e. The molecular weight excluding hydrogens is 578 g/mol. The van der Waals surface area contributed by atoms with Crippen molar-refractivity contribution >= 4 is 45.2 Å². The number of amides is 2. The number of allylic oxidation sites excluding steroid dienone is 2. The number of carbonyl (C=O) groups excluding carboxylic acids is 3. The number of benzene rings is 6. The SMILES string of the molecule is O=C1[C@H]2[C@H](C(=O)N1c1cccc3ccccc13)[C@]1(c3ccccc3)C(=O)[C@]2(c2ccccc2)C(c2ccccc2)=C1c1ccccc1. The molecule has 9 rings (SSSR count). The van der Waals surface area contributed by atoms with Crippen LogP contribution in [0, 0.1) is 11.8 Å². The van der Waals surface area contributed by atoms with Gasteiger partial charge in [0.25, 0.3) is 0 Å². The number of fused-ring (bicyclic) bond motifs is 6. The first-order valence-corrected chi connectivity index (χ1v) is 16.0. The highest BCUT2D eigenvalue weighted by Crippen LogP contribution is 2.74. The summed E-state index contributed by atoms with van der Waals surface area (Å²) in [5.41, 5.74) is 2.49. The lowest BCUT2D eigenvalue weighted by Crippen LogP contribution is -2.45. The Morgan fingerprint density at radius 2 is 0.830 bits per heavy atom. The van der Waals surface area contributed by atoms with E-state index in [2.05, 4.69) is 0 Å². The molecule has 4 atom stereocenters. The van der Waals surface area contributed by atoms with Crippen molar-refractivity contribution in [1.29, 1.82) is 0 Å². The maximum absolute atomic E-state index is 16.0. The zero-order valence-corrected chi connectivity index (χ0v) is 25.4. The molecule has 6 aromatic rings. The fourth-order valence-corrected chi connectivity index (χ4v) is 8.97. The van der Waals surface area contributed by atoms with E-state index >= 15 is 14.4 Å². The maximum Gasteiger partial charge on any atom is 0.239 e. The highest BCUT2D eigenvalue weighted by molar-refractivity contribution is 6.39. The Balaban J connectivity index is 1.45. The van der Waals surface area contributed by atoms with E-state index in [0.717, 1.165) is 44.2 Å². The Morgan fingerprint density at radius 1 is 0.426 bits per heavy atom. The van der Waals surface area contributed by atoms with Gasteiger partial charge in [0.2, 0.25) is 11.8 Å². The summed E-state index contributed by atoms with van der Waals surface area (Å²) in [5, 5.41) is 1.75. The van der Waals surface area contributed by atoms with E-state index in [1.807, 2.05) is 164 Å². The van der Waals surface area contributed by atoms with Crippen molar-refractivity contribution < 1.29 is 14.4 Å². The summed E-state index contributed by atoms with van der Waals surface area (Å²) >= 11 is 0. The third-order valence-corrected chi connectivity index (χ3v) is 10.6. The van der Waals surface area contributed by atoms with Crippen LogP contribution < -0.4 is 4.90 Å². The van der Waals surface area contributed by atoms with Gasteiger partial charge in [-0.1, -0.05) is 158 Å². The fourth-order valence-electron chi connectivity index (χ4n) is 8.97. The molecule has 3 aliphatic rings. The molecule has 0 aromatic heterocycles. The zero-order valence-electron chi connectivity index (χ0n) is 25.4. The van der Waals surface area contributed by atoms with Gasteiger partial charge in [0.1, 0.15) is 0 Å². The average molecular weight is 608 g/mol. The van der Waals surface area contributed by atoms with Crippen LogP contribution in [0.15, 0.2) is 164 Å². The third kappa shape index (κ3) is 3.39. The first kappa shape index (κ1) is 27.4. The third-order valence-electron chi connectivity index (χ3n) is 10.6. The van der Waals surface area contributed by atoms with Gasteiger partial charge in [-0.3, -0.25) is 14.4 Å². The first-order valence-electron chi connectivity index (χ1n) is 16.0.